The fourth-order valence-electron chi connectivity index (χ4n) is 4.33. The molecule has 0 aliphatic carbocycles. The number of aromatic nitrogens is 2. The van der Waals surface area contributed by atoms with E-state index in [1.54, 1.807) is 29.3 Å². The number of piperidine rings is 1. The van der Waals surface area contributed by atoms with Crippen molar-refractivity contribution in [3.8, 4) is 0 Å². The van der Waals surface area contributed by atoms with Crippen LogP contribution in [-0.4, -0.2) is 52.1 Å². The fraction of sp³-hybridized carbons (Fsp3) is 0.381. The van der Waals surface area contributed by atoms with E-state index in [9.17, 15) is 13.2 Å². The summed E-state index contributed by atoms with van der Waals surface area (Å²) in [4.78, 5) is 23.6. The van der Waals surface area contributed by atoms with Crippen molar-refractivity contribution in [2.45, 2.75) is 42.9 Å². The molecule has 152 valence electrons. The summed E-state index contributed by atoms with van der Waals surface area (Å²) in [7, 11) is -3.91. The smallest absolute Gasteiger partial charge is 0.261 e. The van der Waals surface area contributed by atoms with Crippen LogP contribution in [0.3, 0.4) is 0 Å². The fourth-order valence-corrected chi connectivity index (χ4v) is 6.14. The SMILES string of the molecule is C=C[C@H]1CN(Cc2ccccn2)C(=O)C2CCCC1N2S(=O)(=O)c1ccccn1. The Hall–Kier alpha value is -2.58. The van der Waals surface area contributed by atoms with E-state index in [0.29, 0.717) is 25.9 Å². The summed E-state index contributed by atoms with van der Waals surface area (Å²) in [5.41, 5.74) is 0.777. The minimum Gasteiger partial charge on any atom is -0.335 e. The van der Waals surface area contributed by atoms with E-state index in [0.717, 1.165) is 12.1 Å². The van der Waals surface area contributed by atoms with Crippen molar-refractivity contribution < 1.29 is 13.2 Å². The largest absolute Gasteiger partial charge is 0.335 e. The van der Waals surface area contributed by atoms with Crippen LogP contribution >= 0.6 is 0 Å². The summed E-state index contributed by atoms with van der Waals surface area (Å²) in [6.45, 7) is 4.72. The molecular weight excluding hydrogens is 388 g/mol. The van der Waals surface area contributed by atoms with Crippen molar-refractivity contribution in [1.82, 2.24) is 19.2 Å². The van der Waals surface area contributed by atoms with Crippen molar-refractivity contribution in [1.29, 1.82) is 0 Å². The Morgan fingerprint density at radius 1 is 1.10 bits per heavy atom. The molecule has 2 aromatic heterocycles. The third-order valence-corrected chi connectivity index (χ3v) is 7.55. The first kappa shape index (κ1) is 19.7. The number of carbonyl (C=O) groups excluding carboxylic acids is 1. The first-order chi connectivity index (χ1) is 14.0. The Labute approximate surface area is 171 Å². The minimum atomic E-state index is -3.91. The van der Waals surface area contributed by atoms with Crippen LogP contribution in [-0.2, 0) is 21.4 Å². The maximum Gasteiger partial charge on any atom is 0.261 e. The van der Waals surface area contributed by atoms with Gasteiger partial charge in [-0.15, -0.1) is 6.58 Å². The van der Waals surface area contributed by atoms with Gasteiger partial charge in [-0.2, -0.15) is 4.31 Å². The van der Waals surface area contributed by atoms with E-state index in [1.807, 2.05) is 18.2 Å². The van der Waals surface area contributed by atoms with Crippen molar-refractivity contribution in [2.24, 2.45) is 5.92 Å². The molecule has 8 heteroatoms. The molecule has 2 aliphatic heterocycles. The second kappa shape index (κ2) is 8.04. The van der Waals surface area contributed by atoms with Crippen LogP contribution in [0.15, 0.2) is 66.5 Å². The van der Waals surface area contributed by atoms with E-state index in [-0.39, 0.29) is 22.9 Å². The average Bonchev–Trinajstić information content (AvgIpc) is 2.82. The minimum absolute atomic E-state index is 0.0225. The van der Waals surface area contributed by atoms with Gasteiger partial charge in [-0.1, -0.05) is 18.2 Å². The van der Waals surface area contributed by atoms with E-state index >= 15 is 0 Å². The third-order valence-electron chi connectivity index (χ3n) is 5.70. The lowest BCUT2D eigenvalue weighted by molar-refractivity contribution is -0.135. The predicted molar refractivity (Wildman–Crippen MR) is 108 cm³/mol. The highest BCUT2D eigenvalue weighted by Crippen LogP contribution is 2.37. The maximum absolute atomic E-state index is 13.5. The van der Waals surface area contributed by atoms with Gasteiger partial charge in [-0.3, -0.25) is 9.78 Å². The molecule has 4 heterocycles. The third kappa shape index (κ3) is 3.70. The van der Waals surface area contributed by atoms with E-state index in [1.165, 1.54) is 16.6 Å². The van der Waals surface area contributed by atoms with Crippen LogP contribution in [0, 0.1) is 5.92 Å². The molecule has 2 saturated heterocycles. The van der Waals surface area contributed by atoms with Crippen LogP contribution < -0.4 is 0 Å². The van der Waals surface area contributed by atoms with E-state index in [4.69, 9.17) is 0 Å². The molecule has 2 aliphatic rings. The second-order valence-corrected chi connectivity index (χ2v) is 9.25. The predicted octanol–water partition coefficient (Wildman–Crippen LogP) is 2.23. The standard InChI is InChI=1S/C21H24N4O3S/c1-2-16-14-24(15-17-8-3-5-12-22-17)21(26)19-10-7-9-18(16)25(19)29(27,28)20-11-4-6-13-23-20/h2-6,8,11-13,16,18-19H,1,7,9-10,14-15H2/t16-,18?,19?/m0/s1. The number of amides is 1. The van der Waals surface area contributed by atoms with Gasteiger partial charge in [0.15, 0.2) is 5.03 Å². The van der Waals surface area contributed by atoms with Crippen LogP contribution in [0.4, 0.5) is 0 Å². The molecule has 7 nitrogen and oxygen atoms in total. The van der Waals surface area contributed by atoms with Crippen LogP contribution in [0.5, 0.6) is 0 Å². The molecule has 0 N–H and O–H groups in total. The zero-order valence-corrected chi connectivity index (χ0v) is 16.9. The van der Waals surface area contributed by atoms with E-state index < -0.39 is 16.1 Å². The normalized spacial score (nSPS) is 25.4. The topological polar surface area (TPSA) is 83.5 Å². The lowest BCUT2D eigenvalue weighted by atomic mass is 9.90. The molecule has 1 amide bonds. The Morgan fingerprint density at radius 3 is 2.52 bits per heavy atom. The molecule has 0 spiro atoms. The summed E-state index contributed by atoms with van der Waals surface area (Å²) in [6.07, 6.45) is 6.93. The summed E-state index contributed by atoms with van der Waals surface area (Å²) in [5.74, 6) is -0.337. The van der Waals surface area contributed by atoms with Crippen molar-refractivity contribution >= 4 is 15.9 Å². The number of pyridine rings is 2. The number of sulfonamides is 1. The molecule has 4 rings (SSSR count). The first-order valence-corrected chi connectivity index (χ1v) is 11.2. The molecule has 2 unspecified atom stereocenters. The number of rotatable bonds is 5. The number of hydrogen-bond acceptors (Lipinski definition) is 5. The van der Waals surface area contributed by atoms with Gasteiger partial charge in [0.2, 0.25) is 5.91 Å². The molecule has 2 aromatic rings. The number of hydrogen-bond donors (Lipinski definition) is 0. The molecular formula is C21H24N4O3S. The highest BCUT2D eigenvalue weighted by molar-refractivity contribution is 7.89. The maximum atomic E-state index is 13.5. The Bertz CT molecular complexity index is 982. The quantitative estimate of drug-likeness (QED) is 0.704. The van der Waals surface area contributed by atoms with Crippen molar-refractivity contribution in [2.75, 3.05) is 6.54 Å². The highest BCUT2D eigenvalue weighted by atomic mass is 32.2. The van der Waals surface area contributed by atoms with Crippen molar-refractivity contribution in [3.63, 3.8) is 0 Å². The second-order valence-electron chi connectivity index (χ2n) is 7.46. The van der Waals surface area contributed by atoms with Gasteiger partial charge in [0.05, 0.1) is 12.2 Å². The molecule has 2 bridgehead atoms. The van der Waals surface area contributed by atoms with Crippen molar-refractivity contribution in [3.05, 3.63) is 67.1 Å². The molecule has 29 heavy (non-hydrogen) atoms. The summed E-state index contributed by atoms with van der Waals surface area (Å²) in [6, 6.07) is 9.35. The summed E-state index contributed by atoms with van der Waals surface area (Å²) in [5, 5.41) is -0.0225. The molecule has 0 saturated carbocycles. The van der Waals surface area contributed by atoms with Crippen LogP contribution in [0.2, 0.25) is 0 Å². The Morgan fingerprint density at radius 2 is 1.86 bits per heavy atom. The van der Waals surface area contributed by atoms with Crippen LogP contribution in [0.25, 0.3) is 0 Å². The van der Waals surface area contributed by atoms with Gasteiger partial charge >= 0.3 is 0 Å². The van der Waals surface area contributed by atoms with E-state index in [2.05, 4.69) is 16.5 Å². The zero-order chi connectivity index (χ0) is 20.4. The summed E-state index contributed by atoms with van der Waals surface area (Å²) >= 11 is 0. The monoisotopic (exact) mass is 412 g/mol. The van der Waals surface area contributed by atoms with Gasteiger partial charge in [0, 0.05) is 30.9 Å². The zero-order valence-electron chi connectivity index (χ0n) is 16.1. The number of carbonyl (C=O) groups is 1. The highest BCUT2D eigenvalue weighted by Gasteiger charge is 2.49. The molecule has 2 fully saturated rings. The lowest BCUT2D eigenvalue weighted by Gasteiger charge is -2.39. The molecule has 0 radical (unpaired) electrons. The summed E-state index contributed by atoms with van der Waals surface area (Å²) < 4.78 is 28.4. The van der Waals surface area contributed by atoms with Gasteiger partial charge in [0.25, 0.3) is 10.0 Å². The number of nitrogens with zero attached hydrogens (tertiary/aromatic N) is 4. The van der Waals surface area contributed by atoms with Gasteiger partial charge in [-0.25, -0.2) is 13.4 Å². The Balaban J connectivity index is 1.74. The van der Waals surface area contributed by atoms with Crippen LogP contribution in [0.1, 0.15) is 25.0 Å². The number of fused-ring (bicyclic) bond motifs is 2. The van der Waals surface area contributed by atoms with Gasteiger partial charge < -0.3 is 4.90 Å². The average molecular weight is 413 g/mol. The lowest BCUT2D eigenvalue weighted by Crippen LogP contribution is -2.54. The Kier molecular flexibility index (Phi) is 5.47. The first-order valence-electron chi connectivity index (χ1n) is 9.78. The molecule has 0 aromatic carbocycles. The molecule has 3 atom stereocenters. The van der Waals surface area contributed by atoms with Gasteiger partial charge in [0.1, 0.15) is 6.04 Å². The van der Waals surface area contributed by atoms with Gasteiger partial charge in [-0.05, 0) is 43.5 Å².